The van der Waals surface area contributed by atoms with Crippen molar-refractivity contribution < 1.29 is 19.1 Å². The number of carbonyl (C=O) groups is 2. The molecule has 25 heavy (non-hydrogen) atoms. The predicted molar refractivity (Wildman–Crippen MR) is 97.2 cm³/mol. The number of imide groups is 1. The molecule has 2 aromatic rings. The third-order valence-electron chi connectivity index (χ3n) is 3.99. The maximum Gasteiger partial charge on any atom is 0.261 e. The maximum absolute atomic E-state index is 12.9. The predicted octanol–water partition coefficient (Wildman–Crippen LogP) is 3.57. The summed E-state index contributed by atoms with van der Waals surface area (Å²) in [7, 11) is 4.46. The van der Waals surface area contributed by atoms with Gasteiger partial charge >= 0.3 is 0 Å². The minimum absolute atomic E-state index is 0.317. The first-order chi connectivity index (χ1) is 11.9. The van der Waals surface area contributed by atoms with Gasteiger partial charge in [0.15, 0.2) is 11.5 Å². The standard InChI is InChI=1S/C20H21NO4/c1-6-14-11-17(24-4)18(25-5)12-16(14)20(23)21(3)19(22)15-10-8-7-9-13(15)2/h6-12H,1H2,2-5H3. The highest BCUT2D eigenvalue weighted by molar-refractivity contribution is 6.12. The van der Waals surface area contributed by atoms with Gasteiger partial charge in [-0.1, -0.05) is 30.9 Å². The van der Waals surface area contributed by atoms with Crippen molar-refractivity contribution in [2.45, 2.75) is 6.92 Å². The van der Waals surface area contributed by atoms with Crippen molar-refractivity contribution in [1.29, 1.82) is 0 Å². The molecule has 0 heterocycles. The van der Waals surface area contributed by atoms with Gasteiger partial charge in [-0.3, -0.25) is 14.5 Å². The van der Waals surface area contributed by atoms with E-state index < -0.39 is 5.91 Å². The lowest BCUT2D eigenvalue weighted by molar-refractivity contribution is 0.0655. The molecule has 0 fully saturated rings. The van der Waals surface area contributed by atoms with Gasteiger partial charge in [-0.2, -0.15) is 0 Å². The second kappa shape index (κ2) is 7.66. The van der Waals surface area contributed by atoms with Gasteiger partial charge in [-0.05, 0) is 36.2 Å². The summed E-state index contributed by atoms with van der Waals surface area (Å²) in [6.07, 6.45) is 1.54. The Kier molecular flexibility index (Phi) is 5.60. The summed E-state index contributed by atoms with van der Waals surface area (Å²) in [5.41, 5.74) is 2.17. The molecule has 130 valence electrons. The Bertz CT molecular complexity index is 826. The molecule has 2 aromatic carbocycles. The van der Waals surface area contributed by atoms with E-state index in [0.717, 1.165) is 10.5 Å². The van der Waals surface area contributed by atoms with Crippen LogP contribution in [-0.4, -0.2) is 38.0 Å². The highest BCUT2D eigenvalue weighted by atomic mass is 16.5. The number of rotatable bonds is 5. The Balaban J connectivity index is 2.44. The minimum Gasteiger partial charge on any atom is -0.493 e. The monoisotopic (exact) mass is 339 g/mol. The molecule has 0 radical (unpaired) electrons. The van der Waals surface area contributed by atoms with Crippen molar-refractivity contribution in [2.24, 2.45) is 0 Å². The fourth-order valence-corrected chi connectivity index (χ4v) is 2.52. The highest BCUT2D eigenvalue weighted by Crippen LogP contribution is 2.31. The number of amides is 2. The summed E-state index contributed by atoms with van der Waals surface area (Å²) in [5, 5.41) is 0. The molecular formula is C20H21NO4. The summed E-state index contributed by atoms with van der Waals surface area (Å²) in [5.74, 6) is 0.0898. The minimum atomic E-state index is -0.441. The number of hydrogen-bond donors (Lipinski definition) is 0. The van der Waals surface area contributed by atoms with E-state index >= 15 is 0 Å². The van der Waals surface area contributed by atoms with Gasteiger partial charge < -0.3 is 9.47 Å². The van der Waals surface area contributed by atoms with Gasteiger partial charge in [0.1, 0.15) is 0 Å². The van der Waals surface area contributed by atoms with Crippen LogP contribution >= 0.6 is 0 Å². The summed E-state index contributed by atoms with van der Waals surface area (Å²) < 4.78 is 10.5. The Labute approximate surface area is 147 Å². The van der Waals surface area contributed by atoms with E-state index in [0.29, 0.717) is 28.2 Å². The third-order valence-corrected chi connectivity index (χ3v) is 3.99. The number of methoxy groups -OCH3 is 2. The molecule has 0 saturated carbocycles. The number of carbonyl (C=O) groups excluding carboxylic acids is 2. The number of hydrogen-bond acceptors (Lipinski definition) is 4. The summed E-state index contributed by atoms with van der Waals surface area (Å²) in [6.45, 7) is 5.56. The zero-order valence-corrected chi connectivity index (χ0v) is 14.8. The van der Waals surface area contributed by atoms with E-state index in [1.54, 1.807) is 30.3 Å². The lowest BCUT2D eigenvalue weighted by Crippen LogP contribution is -2.34. The molecular weight excluding hydrogens is 318 g/mol. The Morgan fingerprint density at radius 2 is 1.56 bits per heavy atom. The van der Waals surface area contributed by atoms with Gasteiger partial charge in [-0.25, -0.2) is 0 Å². The van der Waals surface area contributed by atoms with Crippen molar-refractivity contribution in [1.82, 2.24) is 4.90 Å². The number of aryl methyl sites for hydroxylation is 1. The van der Waals surface area contributed by atoms with Crippen molar-refractivity contribution >= 4 is 17.9 Å². The lowest BCUT2D eigenvalue weighted by Gasteiger charge is -2.19. The van der Waals surface area contributed by atoms with Crippen LogP contribution in [0.4, 0.5) is 0 Å². The first-order valence-corrected chi connectivity index (χ1v) is 7.71. The van der Waals surface area contributed by atoms with Crippen LogP contribution < -0.4 is 9.47 Å². The van der Waals surface area contributed by atoms with Crippen LogP contribution in [0.5, 0.6) is 11.5 Å². The second-order valence-electron chi connectivity index (χ2n) is 5.48. The highest BCUT2D eigenvalue weighted by Gasteiger charge is 2.24. The topological polar surface area (TPSA) is 55.8 Å². The first kappa shape index (κ1) is 18.3. The molecule has 0 spiro atoms. The quantitative estimate of drug-likeness (QED) is 0.782. The Morgan fingerprint density at radius 3 is 2.12 bits per heavy atom. The van der Waals surface area contributed by atoms with Crippen LogP contribution in [0.25, 0.3) is 6.08 Å². The summed E-state index contributed by atoms with van der Waals surface area (Å²) in [4.78, 5) is 26.7. The average molecular weight is 339 g/mol. The molecule has 0 aliphatic heterocycles. The smallest absolute Gasteiger partial charge is 0.261 e. The van der Waals surface area contributed by atoms with E-state index in [4.69, 9.17) is 9.47 Å². The normalized spacial score (nSPS) is 10.1. The van der Waals surface area contributed by atoms with E-state index in [2.05, 4.69) is 6.58 Å². The van der Waals surface area contributed by atoms with Crippen LogP contribution in [0.2, 0.25) is 0 Å². The number of ether oxygens (including phenoxy) is 2. The third kappa shape index (κ3) is 3.55. The zero-order valence-electron chi connectivity index (χ0n) is 14.8. The van der Waals surface area contributed by atoms with E-state index in [9.17, 15) is 9.59 Å². The average Bonchev–Trinajstić information content (AvgIpc) is 2.65. The van der Waals surface area contributed by atoms with Crippen molar-refractivity contribution in [3.8, 4) is 11.5 Å². The van der Waals surface area contributed by atoms with Crippen molar-refractivity contribution in [2.75, 3.05) is 21.3 Å². The van der Waals surface area contributed by atoms with Crippen LogP contribution in [0.3, 0.4) is 0 Å². The first-order valence-electron chi connectivity index (χ1n) is 7.71. The molecule has 0 unspecified atom stereocenters. The van der Waals surface area contributed by atoms with Crippen LogP contribution in [0.15, 0.2) is 43.0 Å². The van der Waals surface area contributed by atoms with E-state index in [1.165, 1.54) is 21.3 Å². The Hall–Kier alpha value is -3.08. The molecule has 0 N–H and O–H groups in total. The molecule has 0 saturated heterocycles. The largest absolute Gasteiger partial charge is 0.493 e. The van der Waals surface area contributed by atoms with Gasteiger partial charge in [-0.15, -0.1) is 0 Å². The second-order valence-corrected chi connectivity index (χ2v) is 5.48. The molecule has 0 aliphatic rings. The SMILES string of the molecule is C=Cc1cc(OC)c(OC)cc1C(=O)N(C)C(=O)c1ccccc1C. The van der Waals surface area contributed by atoms with Crippen molar-refractivity contribution in [3.05, 3.63) is 65.2 Å². The van der Waals surface area contributed by atoms with Crippen LogP contribution in [-0.2, 0) is 0 Å². The fourth-order valence-electron chi connectivity index (χ4n) is 2.52. The van der Waals surface area contributed by atoms with Gasteiger partial charge in [0, 0.05) is 12.6 Å². The molecule has 2 rings (SSSR count). The van der Waals surface area contributed by atoms with Gasteiger partial charge in [0.25, 0.3) is 11.8 Å². The molecule has 5 heteroatoms. The van der Waals surface area contributed by atoms with Crippen LogP contribution in [0.1, 0.15) is 31.8 Å². The molecule has 2 amide bonds. The molecule has 5 nitrogen and oxygen atoms in total. The van der Waals surface area contributed by atoms with E-state index in [1.807, 2.05) is 19.1 Å². The molecule has 0 atom stereocenters. The molecule has 0 aliphatic carbocycles. The number of nitrogens with zero attached hydrogens (tertiary/aromatic N) is 1. The maximum atomic E-state index is 12.9. The summed E-state index contributed by atoms with van der Waals surface area (Å²) >= 11 is 0. The summed E-state index contributed by atoms with van der Waals surface area (Å²) in [6, 6.07) is 10.4. The lowest BCUT2D eigenvalue weighted by atomic mass is 10.0. The molecule has 0 bridgehead atoms. The van der Waals surface area contributed by atoms with Crippen molar-refractivity contribution in [3.63, 3.8) is 0 Å². The van der Waals surface area contributed by atoms with E-state index in [-0.39, 0.29) is 5.91 Å². The van der Waals surface area contributed by atoms with Gasteiger partial charge in [0.05, 0.1) is 19.8 Å². The fraction of sp³-hybridized carbons (Fsp3) is 0.200. The number of benzene rings is 2. The van der Waals surface area contributed by atoms with Gasteiger partial charge in [0.2, 0.25) is 0 Å². The Morgan fingerprint density at radius 1 is 1.00 bits per heavy atom. The molecule has 0 aromatic heterocycles. The zero-order chi connectivity index (χ0) is 18.6. The van der Waals surface area contributed by atoms with Crippen LogP contribution in [0, 0.1) is 6.92 Å².